The van der Waals surface area contributed by atoms with Crippen LogP contribution in [0.25, 0.3) is 0 Å². The summed E-state index contributed by atoms with van der Waals surface area (Å²) in [5.74, 6) is 0.467. The van der Waals surface area contributed by atoms with E-state index in [1.54, 1.807) is 24.3 Å². The quantitative estimate of drug-likeness (QED) is 0.441. The van der Waals surface area contributed by atoms with Crippen LogP contribution in [0.1, 0.15) is 30.1 Å². The highest BCUT2D eigenvalue weighted by atomic mass is 35.5. The molecule has 0 bridgehead atoms. The normalized spacial score (nSPS) is 10.5. The second-order valence-electron chi connectivity index (χ2n) is 3.39. The summed E-state index contributed by atoms with van der Waals surface area (Å²) in [6.07, 6.45) is 2.11. The first-order chi connectivity index (χ1) is 7.65. The lowest BCUT2D eigenvalue weighted by Crippen LogP contribution is -2.07. The molecule has 0 aliphatic carbocycles. The highest BCUT2D eigenvalue weighted by molar-refractivity contribution is 6.55. The van der Waals surface area contributed by atoms with Gasteiger partial charge in [0.1, 0.15) is 5.75 Å². The third-order valence-corrected chi connectivity index (χ3v) is 2.50. The Morgan fingerprint density at radius 3 is 2.44 bits per heavy atom. The molecule has 0 atom stereocenters. The zero-order valence-corrected chi connectivity index (χ0v) is 10.6. The van der Waals surface area contributed by atoms with Crippen molar-refractivity contribution in [3.05, 3.63) is 29.8 Å². The molecule has 0 spiro atoms. The lowest BCUT2D eigenvalue weighted by atomic mass is 10.1. The zero-order valence-electron chi connectivity index (χ0n) is 9.08. The fourth-order valence-electron chi connectivity index (χ4n) is 1.18. The number of alkyl halides is 2. The molecule has 1 rings (SSSR count). The van der Waals surface area contributed by atoms with Crippen molar-refractivity contribution in [1.82, 2.24) is 0 Å². The highest BCUT2D eigenvalue weighted by Gasteiger charge is 2.13. The first kappa shape index (κ1) is 13.3. The molecule has 4 heteroatoms. The van der Waals surface area contributed by atoms with Crippen LogP contribution < -0.4 is 4.74 Å². The Morgan fingerprint density at radius 1 is 1.31 bits per heavy atom. The molecule has 0 saturated carbocycles. The van der Waals surface area contributed by atoms with E-state index in [1.165, 1.54) is 0 Å². The Morgan fingerprint density at radius 2 is 1.94 bits per heavy atom. The van der Waals surface area contributed by atoms with Crippen LogP contribution in [0.15, 0.2) is 24.3 Å². The molecule has 16 heavy (non-hydrogen) atoms. The molecule has 0 N–H and O–H groups in total. The van der Waals surface area contributed by atoms with Crippen molar-refractivity contribution in [3.63, 3.8) is 0 Å². The van der Waals surface area contributed by atoms with Crippen molar-refractivity contribution < 1.29 is 9.53 Å². The van der Waals surface area contributed by atoms with Gasteiger partial charge in [-0.05, 0) is 30.7 Å². The molecular formula is C12H14Cl2O2. The van der Waals surface area contributed by atoms with Crippen LogP contribution in [0.5, 0.6) is 5.75 Å². The molecule has 0 amide bonds. The van der Waals surface area contributed by atoms with Gasteiger partial charge in [0.15, 0.2) is 10.6 Å². The lowest BCUT2D eigenvalue weighted by molar-refractivity contribution is 0.101. The molecule has 0 fully saturated rings. The van der Waals surface area contributed by atoms with Gasteiger partial charge in [0.25, 0.3) is 0 Å². The van der Waals surface area contributed by atoms with Crippen molar-refractivity contribution in [3.8, 4) is 5.75 Å². The van der Waals surface area contributed by atoms with Gasteiger partial charge >= 0.3 is 0 Å². The van der Waals surface area contributed by atoms with Crippen LogP contribution in [0.2, 0.25) is 0 Å². The molecule has 88 valence electrons. The Kier molecular flexibility index (Phi) is 5.64. The van der Waals surface area contributed by atoms with Gasteiger partial charge in [-0.15, -0.1) is 0 Å². The molecule has 0 saturated heterocycles. The Bertz CT molecular complexity index is 333. The minimum absolute atomic E-state index is 0.288. The lowest BCUT2D eigenvalue weighted by Gasteiger charge is -2.06. The number of hydrogen-bond acceptors (Lipinski definition) is 2. The van der Waals surface area contributed by atoms with E-state index in [2.05, 4.69) is 6.92 Å². The molecule has 0 aromatic heterocycles. The fourth-order valence-corrected chi connectivity index (χ4v) is 1.43. The summed E-state index contributed by atoms with van der Waals surface area (Å²) in [4.78, 5) is 10.4. The Hall–Kier alpha value is -0.730. The average Bonchev–Trinajstić information content (AvgIpc) is 2.29. The predicted molar refractivity (Wildman–Crippen MR) is 66.7 cm³/mol. The summed E-state index contributed by atoms with van der Waals surface area (Å²) in [6.45, 7) is 2.80. The van der Waals surface area contributed by atoms with Crippen LogP contribution in [0, 0.1) is 0 Å². The zero-order chi connectivity index (χ0) is 12.0. The standard InChI is InChI=1S/C12H14Cl2O2/c1-2-3-8-16-10-6-4-9(5-7-10)11(15)12(13)14/h4-7,12H,2-3,8H2,1H3. The van der Waals surface area contributed by atoms with E-state index >= 15 is 0 Å². The number of carbonyl (C=O) groups excluding carboxylic acids is 1. The molecule has 0 radical (unpaired) electrons. The minimum Gasteiger partial charge on any atom is -0.494 e. The molecule has 2 nitrogen and oxygen atoms in total. The number of ketones is 1. The number of ether oxygens (including phenoxy) is 1. The number of hydrogen-bond donors (Lipinski definition) is 0. The summed E-state index contributed by atoms with van der Waals surface area (Å²) in [5, 5.41) is 0. The topological polar surface area (TPSA) is 26.3 Å². The molecular weight excluding hydrogens is 247 g/mol. The van der Waals surface area contributed by atoms with Crippen molar-refractivity contribution in [2.75, 3.05) is 6.61 Å². The molecule has 0 aliphatic heterocycles. The Labute approximate surface area is 106 Å². The van der Waals surface area contributed by atoms with Gasteiger partial charge in [0.05, 0.1) is 6.61 Å². The van der Waals surface area contributed by atoms with Gasteiger partial charge in [0.2, 0.25) is 0 Å². The fraction of sp³-hybridized carbons (Fsp3) is 0.417. The number of rotatable bonds is 6. The monoisotopic (exact) mass is 260 g/mol. The van der Waals surface area contributed by atoms with Crippen LogP contribution in [0.4, 0.5) is 0 Å². The summed E-state index contributed by atoms with van der Waals surface area (Å²) >= 11 is 11.0. The van der Waals surface area contributed by atoms with E-state index in [1.807, 2.05) is 0 Å². The third-order valence-electron chi connectivity index (χ3n) is 2.10. The van der Waals surface area contributed by atoms with Crippen molar-refractivity contribution in [2.45, 2.75) is 24.6 Å². The maximum absolute atomic E-state index is 11.4. The maximum atomic E-state index is 11.4. The van der Waals surface area contributed by atoms with Crippen molar-refractivity contribution >= 4 is 29.0 Å². The van der Waals surface area contributed by atoms with Gasteiger partial charge < -0.3 is 4.74 Å². The van der Waals surface area contributed by atoms with E-state index in [9.17, 15) is 4.79 Å². The van der Waals surface area contributed by atoms with Gasteiger partial charge in [-0.25, -0.2) is 0 Å². The van der Waals surface area contributed by atoms with Crippen molar-refractivity contribution in [1.29, 1.82) is 0 Å². The minimum atomic E-state index is -1.01. The van der Waals surface area contributed by atoms with Crippen molar-refractivity contribution in [2.24, 2.45) is 0 Å². The summed E-state index contributed by atoms with van der Waals surface area (Å²) in [5.41, 5.74) is 0.498. The smallest absolute Gasteiger partial charge is 0.195 e. The van der Waals surface area contributed by atoms with E-state index in [4.69, 9.17) is 27.9 Å². The first-order valence-electron chi connectivity index (χ1n) is 5.20. The average molecular weight is 261 g/mol. The van der Waals surface area contributed by atoms with Gasteiger partial charge in [-0.3, -0.25) is 4.79 Å². The van der Waals surface area contributed by atoms with E-state index < -0.39 is 4.84 Å². The highest BCUT2D eigenvalue weighted by Crippen LogP contribution is 2.16. The van der Waals surface area contributed by atoms with Crippen LogP contribution in [-0.4, -0.2) is 17.2 Å². The summed E-state index contributed by atoms with van der Waals surface area (Å²) in [7, 11) is 0. The maximum Gasteiger partial charge on any atom is 0.195 e. The number of halogens is 2. The molecule has 1 aromatic rings. The molecule has 1 aromatic carbocycles. The first-order valence-corrected chi connectivity index (χ1v) is 6.07. The van der Waals surface area contributed by atoms with Crippen LogP contribution in [-0.2, 0) is 0 Å². The number of benzene rings is 1. The second-order valence-corrected chi connectivity index (χ2v) is 4.49. The van der Waals surface area contributed by atoms with Gasteiger partial charge in [-0.1, -0.05) is 36.5 Å². The van der Waals surface area contributed by atoms with Crippen LogP contribution in [0.3, 0.4) is 0 Å². The Balaban J connectivity index is 2.57. The number of Topliss-reactive ketones (excluding diaryl/α,β-unsaturated/α-hetero) is 1. The van der Waals surface area contributed by atoms with Crippen LogP contribution >= 0.6 is 23.2 Å². The largest absolute Gasteiger partial charge is 0.494 e. The number of carbonyl (C=O) groups is 1. The molecule has 0 heterocycles. The second kappa shape index (κ2) is 6.77. The SMILES string of the molecule is CCCCOc1ccc(C(=O)C(Cl)Cl)cc1. The summed E-state index contributed by atoms with van der Waals surface area (Å²) in [6, 6.07) is 6.83. The molecule has 0 aliphatic rings. The predicted octanol–water partition coefficient (Wildman–Crippen LogP) is 3.85. The summed E-state index contributed by atoms with van der Waals surface area (Å²) < 4.78 is 5.46. The van der Waals surface area contributed by atoms with E-state index in [-0.39, 0.29) is 5.78 Å². The third kappa shape index (κ3) is 4.03. The van der Waals surface area contributed by atoms with Gasteiger partial charge in [0, 0.05) is 5.56 Å². The van der Waals surface area contributed by atoms with E-state index in [0.717, 1.165) is 18.6 Å². The van der Waals surface area contributed by atoms with E-state index in [0.29, 0.717) is 12.2 Å². The van der Waals surface area contributed by atoms with Gasteiger partial charge in [-0.2, -0.15) is 0 Å². The number of unbranched alkanes of at least 4 members (excludes halogenated alkanes) is 1. The molecule has 0 unspecified atom stereocenters.